The number of nitrogens with zero attached hydrogens (tertiary/aromatic N) is 4. The van der Waals surface area contributed by atoms with Crippen molar-refractivity contribution < 1.29 is 23.9 Å². The lowest BCUT2D eigenvalue weighted by Gasteiger charge is -2.29. The summed E-state index contributed by atoms with van der Waals surface area (Å²) < 4.78 is 6.93. The van der Waals surface area contributed by atoms with Crippen LogP contribution in [0.2, 0.25) is 0 Å². The third kappa shape index (κ3) is 4.72. The van der Waals surface area contributed by atoms with Crippen LogP contribution in [0.5, 0.6) is 0 Å². The number of imide groups is 1. The lowest BCUT2D eigenvalue weighted by molar-refractivity contribution is -0.124. The molecule has 0 saturated carbocycles. The summed E-state index contributed by atoms with van der Waals surface area (Å²) in [7, 11) is 1.68. The number of aryl methyl sites for hydroxylation is 1. The summed E-state index contributed by atoms with van der Waals surface area (Å²) in [4.78, 5) is 51.1. The van der Waals surface area contributed by atoms with Gasteiger partial charge >= 0.3 is 6.09 Å². The molecule has 0 atom stereocenters. The zero-order valence-corrected chi connectivity index (χ0v) is 17.8. The van der Waals surface area contributed by atoms with Crippen molar-refractivity contribution in [1.29, 1.82) is 0 Å². The lowest BCUT2D eigenvalue weighted by atomic mass is 10.1. The molecule has 1 fully saturated rings. The summed E-state index contributed by atoms with van der Waals surface area (Å²) in [6.07, 6.45) is 0.103. The molecule has 2 aliphatic rings. The van der Waals surface area contributed by atoms with Gasteiger partial charge in [0.1, 0.15) is 11.3 Å². The fourth-order valence-electron chi connectivity index (χ4n) is 3.23. The average molecular weight is 423 g/mol. The highest BCUT2D eigenvalue weighted by Crippen LogP contribution is 2.24. The molecule has 10 nitrogen and oxygen atoms in total. The van der Waals surface area contributed by atoms with Crippen LogP contribution in [0.25, 0.3) is 0 Å². The number of amides is 4. The summed E-state index contributed by atoms with van der Waals surface area (Å²) in [5.41, 5.74) is 1.22. The number of carbonyl (C=O) groups excluding carboxylic acids is 4. The SMILES string of the molecule is Cn1nc2c(c1C(=O)NCCN1C(=O)CSC1=O)CN(C(=O)OC(C)(C)C)CC2. The zero-order chi connectivity index (χ0) is 21.3. The van der Waals surface area contributed by atoms with E-state index < -0.39 is 11.7 Å². The van der Waals surface area contributed by atoms with Gasteiger partial charge in [-0.15, -0.1) is 0 Å². The van der Waals surface area contributed by atoms with E-state index in [4.69, 9.17) is 4.74 Å². The molecular formula is C18H25N5O5S. The van der Waals surface area contributed by atoms with Gasteiger partial charge in [0, 0.05) is 38.7 Å². The van der Waals surface area contributed by atoms with Gasteiger partial charge < -0.3 is 15.0 Å². The summed E-state index contributed by atoms with van der Waals surface area (Å²) in [6, 6.07) is 0. The van der Waals surface area contributed by atoms with Gasteiger partial charge in [0.25, 0.3) is 11.1 Å². The van der Waals surface area contributed by atoms with Crippen molar-refractivity contribution in [2.45, 2.75) is 39.3 Å². The Morgan fingerprint density at radius 2 is 2.00 bits per heavy atom. The molecular weight excluding hydrogens is 398 g/mol. The summed E-state index contributed by atoms with van der Waals surface area (Å²) in [6.45, 7) is 6.39. The fourth-order valence-corrected chi connectivity index (χ4v) is 3.98. The van der Waals surface area contributed by atoms with Gasteiger partial charge in [0.15, 0.2) is 0 Å². The molecule has 1 saturated heterocycles. The van der Waals surface area contributed by atoms with E-state index in [-0.39, 0.29) is 42.4 Å². The highest BCUT2D eigenvalue weighted by atomic mass is 32.2. The van der Waals surface area contributed by atoms with E-state index in [1.54, 1.807) is 32.7 Å². The molecule has 3 rings (SSSR count). The normalized spacial score (nSPS) is 16.8. The summed E-state index contributed by atoms with van der Waals surface area (Å²) in [5, 5.41) is 6.85. The van der Waals surface area contributed by atoms with Crippen LogP contribution < -0.4 is 5.32 Å². The van der Waals surface area contributed by atoms with E-state index in [1.807, 2.05) is 0 Å². The molecule has 0 radical (unpaired) electrons. The van der Waals surface area contributed by atoms with E-state index in [1.165, 1.54) is 4.68 Å². The minimum Gasteiger partial charge on any atom is -0.444 e. The van der Waals surface area contributed by atoms with Crippen LogP contribution in [0.1, 0.15) is 42.5 Å². The zero-order valence-electron chi connectivity index (χ0n) is 17.0. The van der Waals surface area contributed by atoms with Crippen LogP contribution in [0.15, 0.2) is 0 Å². The molecule has 1 aromatic rings. The van der Waals surface area contributed by atoms with Gasteiger partial charge in [-0.25, -0.2) is 4.79 Å². The van der Waals surface area contributed by atoms with E-state index in [2.05, 4.69) is 10.4 Å². The van der Waals surface area contributed by atoms with Gasteiger partial charge in [-0.1, -0.05) is 11.8 Å². The predicted molar refractivity (Wildman–Crippen MR) is 105 cm³/mol. The Bertz CT molecular complexity index is 844. The Balaban J connectivity index is 1.66. The molecule has 0 unspecified atom stereocenters. The maximum absolute atomic E-state index is 12.7. The standard InChI is InChI=1S/C18H25N5O5S/c1-18(2,3)28-16(26)22-7-5-12-11(9-22)14(21(4)20-12)15(25)19-6-8-23-13(24)10-29-17(23)27/h5-10H2,1-4H3,(H,19,25). The smallest absolute Gasteiger partial charge is 0.410 e. The molecule has 2 aliphatic heterocycles. The Morgan fingerprint density at radius 3 is 2.62 bits per heavy atom. The molecule has 158 valence electrons. The number of rotatable bonds is 4. The van der Waals surface area contributed by atoms with Gasteiger partial charge in [-0.05, 0) is 20.8 Å². The van der Waals surface area contributed by atoms with Crippen molar-refractivity contribution in [3.63, 3.8) is 0 Å². The molecule has 0 aromatic carbocycles. The Hall–Kier alpha value is -2.56. The predicted octanol–water partition coefficient (Wildman–Crippen LogP) is 1.14. The minimum absolute atomic E-state index is 0.125. The summed E-state index contributed by atoms with van der Waals surface area (Å²) in [5.74, 6) is -0.470. The summed E-state index contributed by atoms with van der Waals surface area (Å²) >= 11 is 0.959. The molecule has 0 aliphatic carbocycles. The Kier molecular flexibility index (Phi) is 5.87. The Morgan fingerprint density at radius 1 is 1.28 bits per heavy atom. The maximum Gasteiger partial charge on any atom is 0.410 e. The topological polar surface area (TPSA) is 114 Å². The van der Waals surface area contributed by atoms with Crippen LogP contribution in [-0.2, 0) is 29.5 Å². The van der Waals surface area contributed by atoms with E-state index in [0.717, 1.165) is 22.4 Å². The second-order valence-electron chi connectivity index (χ2n) is 7.91. The number of fused-ring (bicyclic) bond motifs is 1. The third-order valence-corrected chi connectivity index (χ3v) is 5.38. The van der Waals surface area contributed by atoms with Crippen molar-refractivity contribution in [2.24, 2.45) is 7.05 Å². The van der Waals surface area contributed by atoms with Crippen molar-refractivity contribution in [3.8, 4) is 0 Å². The van der Waals surface area contributed by atoms with Crippen molar-refractivity contribution in [2.75, 3.05) is 25.4 Å². The number of hydrogen-bond acceptors (Lipinski definition) is 7. The fraction of sp³-hybridized carbons (Fsp3) is 0.611. The number of ether oxygens (including phenoxy) is 1. The number of nitrogens with one attached hydrogen (secondary N) is 1. The molecule has 1 N–H and O–H groups in total. The molecule has 0 spiro atoms. The third-order valence-electron chi connectivity index (χ3n) is 4.52. The average Bonchev–Trinajstić information content (AvgIpc) is 3.12. The number of carbonyl (C=O) groups is 4. The van der Waals surface area contributed by atoms with Crippen LogP contribution in [0.4, 0.5) is 9.59 Å². The van der Waals surface area contributed by atoms with Gasteiger partial charge in [0.05, 0.1) is 18.0 Å². The van der Waals surface area contributed by atoms with Crippen LogP contribution in [0.3, 0.4) is 0 Å². The van der Waals surface area contributed by atoms with E-state index in [0.29, 0.717) is 24.2 Å². The second-order valence-corrected chi connectivity index (χ2v) is 8.83. The van der Waals surface area contributed by atoms with E-state index >= 15 is 0 Å². The second kappa shape index (κ2) is 8.05. The molecule has 3 heterocycles. The monoisotopic (exact) mass is 423 g/mol. The van der Waals surface area contributed by atoms with Crippen LogP contribution in [0, 0.1) is 0 Å². The number of thioether (sulfide) groups is 1. The highest BCUT2D eigenvalue weighted by molar-refractivity contribution is 8.14. The molecule has 11 heteroatoms. The van der Waals surface area contributed by atoms with Crippen LogP contribution in [-0.4, -0.2) is 73.7 Å². The van der Waals surface area contributed by atoms with Crippen molar-refractivity contribution in [1.82, 2.24) is 24.9 Å². The van der Waals surface area contributed by atoms with Crippen molar-refractivity contribution in [3.05, 3.63) is 17.0 Å². The van der Waals surface area contributed by atoms with Crippen molar-refractivity contribution >= 4 is 34.9 Å². The first-order valence-electron chi connectivity index (χ1n) is 9.35. The first kappa shape index (κ1) is 21.2. The van der Waals surface area contributed by atoms with Gasteiger partial charge in [-0.2, -0.15) is 5.10 Å². The molecule has 1 aromatic heterocycles. The first-order valence-corrected chi connectivity index (χ1v) is 10.3. The molecule has 29 heavy (non-hydrogen) atoms. The number of aromatic nitrogens is 2. The largest absolute Gasteiger partial charge is 0.444 e. The van der Waals surface area contributed by atoms with Gasteiger partial charge in [0.2, 0.25) is 5.91 Å². The van der Waals surface area contributed by atoms with Crippen LogP contribution >= 0.6 is 11.8 Å². The highest BCUT2D eigenvalue weighted by Gasteiger charge is 2.32. The maximum atomic E-state index is 12.7. The Labute approximate surface area is 172 Å². The molecule has 0 bridgehead atoms. The number of hydrogen-bond donors (Lipinski definition) is 1. The molecule has 4 amide bonds. The first-order chi connectivity index (χ1) is 13.6. The minimum atomic E-state index is -0.602. The lowest BCUT2D eigenvalue weighted by Crippen LogP contribution is -2.41. The quantitative estimate of drug-likeness (QED) is 0.772. The van der Waals surface area contributed by atoms with Gasteiger partial charge in [-0.3, -0.25) is 24.0 Å². The van der Waals surface area contributed by atoms with E-state index in [9.17, 15) is 19.2 Å².